The molecule has 0 amide bonds. The van der Waals surface area contributed by atoms with E-state index >= 15 is 0 Å². The van der Waals surface area contributed by atoms with Gasteiger partial charge in [0, 0.05) is 11.3 Å². The molecule has 0 bridgehead atoms. The topological polar surface area (TPSA) is 111 Å². The maximum Gasteiger partial charge on any atom is 0.348 e. The molecule has 2 aromatic heterocycles. The number of nitrogen functional groups attached to an aromatic ring is 1. The fraction of sp³-hybridized carbons (Fsp3) is 0.167. The van der Waals surface area contributed by atoms with Gasteiger partial charge in [0.1, 0.15) is 15.9 Å². The van der Waals surface area contributed by atoms with Gasteiger partial charge in [-0.3, -0.25) is 9.36 Å². The van der Waals surface area contributed by atoms with Crippen LogP contribution in [0.2, 0.25) is 0 Å². The van der Waals surface area contributed by atoms with E-state index in [2.05, 4.69) is 6.07 Å². The maximum absolute atomic E-state index is 13.4. The third-order valence-electron chi connectivity index (χ3n) is 4.96. The van der Waals surface area contributed by atoms with Crippen molar-refractivity contribution in [3.63, 3.8) is 0 Å². The third-order valence-corrected chi connectivity index (χ3v) is 6.96. The summed E-state index contributed by atoms with van der Waals surface area (Å²) in [6.45, 7) is 3.88. The molecular formula is C24H20N4O3S2. The molecule has 0 fully saturated rings. The first kappa shape index (κ1) is 22.6. The van der Waals surface area contributed by atoms with Crippen LogP contribution in [0.15, 0.2) is 58.5 Å². The predicted molar refractivity (Wildman–Crippen MR) is 131 cm³/mol. The van der Waals surface area contributed by atoms with Gasteiger partial charge in [-0.15, -0.1) is 11.3 Å². The van der Waals surface area contributed by atoms with Crippen molar-refractivity contribution in [3.05, 3.63) is 80.5 Å². The lowest BCUT2D eigenvalue weighted by Gasteiger charge is -2.14. The van der Waals surface area contributed by atoms with E-state index in [0.29, 0.717) is 32.2 Å². The number of carbonyl (C=O) groups excluding carboxylic acids is 1. The first-order valence-electron chi connectivity index (χ1n) is 10.1. The Hall–Kier alpha value is -3.61. The average Bonchev–Trinajstić information content (AvgIpc) is 3.13. The molecule has 0 saturated heterocycles. The van der Waals surface area contributed by atoms with Crippen molar-refractivity contribution in [1.82, 2.24) is 9.55 Å². The Morgan fingerprint density at radius 3 is 2.79 bits per heavy atom. The molecule has 0 radical (unpaired) electrons. The molecule has 166 valence electrons. The molecule has 4 rings (SSSR count). The molecule has 0 atom stereocenters. The van der Waals surface area contributed by atoms with Gasteiger partial charge >= 0.3 is 5.97 Å². The van der Waals surface area contributed by atoms with E-state index in [9.17, 15) is 14.9 Å². The number of nitrogens with two attached hydrogens (primary N) is 1. The molecule has 0 saturated carbocycles. The molecular weight excluding hydrogens is 456 g/mol. The summed E-state index contributed by atoms with van der Waals surface area (Å²) in [4.78, 5) is 30.9. The Morgan fingerprint density at radius 2 is 2.06 bits per heavy atom. The van der Waals surface area contributed by atoms with Gasteiger partial charge < -0.3 is 10.5 Å². The van der Waals surface area contributed by atoms with Gasteiger partial charge in [-0.1, -0.05) is 36.0 Å². The van der Waals surface area contributed by atoms with Crippen LogP contribution < -0.4 is 11.3 Å². The van der Waals surface area contributed by atoms with Crippen LogP contribution in [0.5, 0.6) is 0 Å². The number of fused-ring (bicyclic) bond motifs is 1. The highest BCUT2D eigenvalue weighted by Gasteiger charge is 2.24. The number of esters is 1. The molecule has 2 aromatic carbocycles. The van der Waals surface area contributed by atoms with Crippen molar-refractivity contribution in [3.8, 4) is 11.8 Å². The van der Waals surface area contributed by atoms with Gasteiger partial charge in [0.2, 0.25) is 0 Å². The second kappa shape index (κ2) is 9.48. The quantitative estimate of drug-likeness (QED) is 0.244. The fourth-order valence-electron chi connectivity index (χ4n) is 3.45. The van der Waals surface area contributed by atoms with Crippen LogP contribution in [0, 0.1) is 18.3 Å². The summed E-state index contributed by atoms with van der Waals surface area (Å²) in [7, 11) is 0. The number of anilines is 1. The Balaban J connectivity index is 1.84. The number of benzene rings is 2. The molecule has 9 heteroatoms. The molecule has 4 aromatic rings. The molecule has 0 aliphatic heterocycles. The summed E-state index contributed by atoms with van der Waals surface area (Å²) in [5.41, 5.74) is 8.82. The third kappa shape index (κ3) is 4.35. The molecule has 0 spiro atoms. The van der Waals surface area contributed by atoms with Crippen molar-refractivity contribution >= 4 is 45.0 Å². The lowest BCUT2D eigenvalue weighted by Crippen LogP contribution is -2.21. The highest BCUT2D eigenvalue weighted by molar-refractivity contribution is 7.98. The number of ether oxygens (including phenoxy) is 1. The minimum Gasteiger partial charge on any atom is -0.462 e. The van der Waals surface area contributed by atoms with E-state index in [1.54, 1.807) is 29.7 Å². The van der Waals surface area contributed by atoms with Crippen LogP contribution in [0.1, 0.15) is 33.3 Å². The minimum atomic E-state index is -0.520. The van der Waals surface area contributed by atoms with Crippen molar-refractivity contribution < 1.29 is 9.53 Å². The number of nitrogens with zero attached hydrogens (tertiary/aromatic N) is 3. The van der Waals surface area contributed by atoms with Crippen LogP contribution in [-0.2, 0) is 10.5 Å². The number of hydrogen-bond donors (Lipinski definition) is 1. The lowest BCUT2D eigenvalue weighted by atomic mass is 10.2. The summed E-state index contributed by atoms with van der Waals surface area (Å²) >= 11 is 2.30. The summed E-state index contributed by atoms with van der Waals surface area (Å²) in [6, 6.07) is 16.8. The van der Waals surface area contributed by atoms with Gasteiger partial charge in [0.05, 0.1) is 28.8 Å². The van der Waals surface area contributed by atoms with Crippen molar-refractivity contribution in [2.75, 3.05) is 12.3 Å². The number of hydrogen-bond acceptors (Lipinski definition) is 8. The number of para-hydroxylation sites is 1. The van der Waals surface area contributed by atoms with Crippen molar-refractivity contribution in [2.24, 2.45) is 0 Å². The van der Waals surface area contributed by atoms with Crippen LogP contribution in [0.3, 0.4) is 0 Å². The SMILES string of the molecule is CCOC(=O)c1sc(N)c(C#N)c1CSc1nc2ccccc2c(=O)n1-c1cccc(C)c1. The van der Waals surface area contributed by atoms with Gasteiger partial charge in [-0.25, -0.2) is 9.78 Å². The van der Waals surface area contributed by atoms with Crippen LogP contribution >= 0.6 is 23.1 Å². The smallest absolute Gasteiger partial charge is 0.348 e. The summed E-state index contributed by atoms with van der Waals surface area (Å²) in [5, 5.41) is 10.8. The number of thioether (sulfide) groups is 1. The average molecular weight is 477 g/mol. The van der Waals surface area contributed by atoms with Crippen molar-refractivity contribution in [1.29, 1.82) is 5.26 Å². The lowest BCUT2D eigenvalue weighted by molar-refractivity contribution is 0.0531. The molecule has 0 aliphatic rings. The largest absolute Gasteiger partial charge is 0.462 e. The van der Waals surface area contributed by atoms with Crippen LogP contribution in [0.25, 0.3) is 16.6 Å². The highest BCUT2D eigenvalue weighted by Crippen LogP contribution is 2.35. The van der Waals surface area contributed by atoms with E-state index in [1.165, 1.54) is 11.8 Å². The standard InChI is InChI=1S/C24H20N4O3S2/c1-3-31-23(30)20-18(17(12-25)21(26)33-20)13-32-24-27-19-10-5-4-9-16(19)22(29)28(24)15-8-6-7-14(2)11-15/h4-11H,3,13,26H2,1-2H3. The Labute approximate surface area is 198 Å². The molecule has 7 nitrogen and oxygen atoms in total. The van der Waals surface area contributed by atoms with Crippen LogP contribution in [0.4, 0.5) is 5.00 Å². The highest BCUT2D eigenvalue weighted by atomic mass is 32.2. The molecule has 33 heavy (non-hydrogen) atoms. The Morgan fingerprint density at radius 1 is 1.27 bits per heavy atom. The van der Waals surface area contributed by atoms with Crippen LogP contribution in [-0.4, -0.2) is 22.1 Å². The summed E-state index contributed by atoms with van der Waals surface area (Å²) in [6.07, 6.45) is 0. The number of carbonyl (C=O) groups is 1. The molecule has 0 aliphatic carbocycles. The van der Waals surface area contributed by atoms with E-state index in [1.807, 2.05) is 37.3 Å². The second-order valence-electron chi connectivity index (χ2n) is 7.16. The Kier molecular flexibility index (Phi) is 6.49. The molecule has 0 unspecified atom stereocenters. The molecule has 2 N–H and O–H groups in total. The first-order valence-corrected chi connectivity index (χ1v) is 11.9. The second-order valence-corrected chi connectivity index (χ2v) is 9.16. The van der Waals surface area contributed by atoms with E-state index in [4.69, 9.17) is 15.5 Å². The van der Waals surface area contributed by atoms with Crippen molar-refractivity contribution in [2.45, 2.75) is 24.8 Å². The van der Waals surface area contributed by atoms with E-state index in [0.717, 1.165) is 16.9 Å². The zero-order valence-electron chi connectivity index (χ0n) is 18.0. The summed E-state index contributed by atoms with van der Waals surface area (Å²) in [5.74, 6) is -0.296. The van der Waals surface area contributed by atoms with Gasteiger partial charge in [0.15, 0.2) is 5.16 Å². The number of rotatable bonds is 6. The van der Waals surface area contributed by atoms with Gasteiger partial charge in [-0.05, 0) is 43.7 Å². The maximum atomic E-state index is 13.4. The van der Waals surface area contributed by atoms with E-state index in [-0.39, 0.29) is 28.5 Å². The number of aryl methyl sites for hydroxylation is 1. The normalized spacial score (nSPS) is 10.8. The molecule has 2 heterocycles. The van der Waals surface area contributed by atoms with E-state index < -0.39 is 5.97 Å². The Bertz CT molecular complexity index is 1470. The van der Waals surface area contributed by atoms with Gasteiger partial charge in [0.25, 0.3) is 5.56 Å². The number of nitriles is 1. The fourth-order valence-corrected chi connectivity index (χ4v) is 5.51. The zero-order valence-corrected chi connectivity index (χ0v) is 19.6. The zero-order chi connectivity index (χ0) is 23.5. The monoisotopic (exact) mass is 476 g/mol. The summed E-state index contributed by atoms with van der Waals surface area (Å²) < 4.78 is 6.70. The number of thiophene rings is 1. The van der Waals surface area contributed by atoms with Gasteiger partial charge in [-0.2, -0.15) is 5.26 Å². The first-order chi connectivity index (χ1) is 15.9. The number of aromatic nitrogens is 2. The minimum absolute atomic E-state index is 0.190. The predicted octanol–water partition coefficient (Wildman–Crippen LogP) is 4.68.